The topological polar surface area (TPSA) is 69.8 Å². The van der Waals surface area contributed by atoms with Gasteiger partial charge in [-0.05, 0) is 12.1 Å². The van der Waals surface area contributed by atoms with Crippen molar-refractivity contribution in [3.63, 3.8) is 0 Å². The lowest BCUT2D eigenvalue weighted by molar-refractivity contribution is 0.419. The van der Waals surface area contributed by atoms with Crippen LogP contribution in [0.3, 0.4) is 0 Å². The number of aryl methyl sites for hydroxylation is 1. The minimum Gasteiger partial charge on any atom is -0.496 e. The van der Waals surface area contributed by atoms with Crippen LogP contribution in [-0.4, -0.2) is 31.7 Å². The van der Waals surface area contributed by atoms with Crippen LogP contribution in [-0.2, 0) is 7.05 Å². The summed E-state index contributed by atoms with van der Waals surface area (Å²) in [5.41, 5.74) is 2.60. The van der Waals surface area contributed by atoms with Gasteiger partial charge in [-0.25, -0.2) is 9.67 Å². The van der Waals surface area contributed by atoms with E-state index in [1.807, 2.05) is 54.3 Å². The average Bonchev–Trinajstić information content (AvgIpc) is 3.23. The van der Waals surface area contributed by atoms with Crippen LogP contribution in [0, 0.1) is 0 Å². The summed E-state index contributed by atoms with van der Waals surface area (Å²) in [6.07, 6.45) is 5.42. The van der Waals surface area contributed by atoms with Crippen LogP contribution in [0.2, 0.25) is 0 Å². The maximum Gasteiger partial charge on any atom is 0.163 e. The molecule has 4 aromatic rings. The number of aromatic nitrogens is 5. The summed E-state index contributed by atoms with van der Waals surface area (Å²) in [6.45, 7) is 0. The number of para-hydroxylation sites is 1. The Bertz CT molecular complexity index is 989. The molecule has 0 aliphatic carbocycles. The number of anilines is 2. The number of pyridine rings is 1. The lowest BCUT2D eigenvalue weighted by Crippen LogP contribution is -1.98. The predicted octanol–water partition coefficient (Wildman–Crippen LogP) is 2.91. The number of rotatable bonds is 4. The monoisotopic (exact) mass is 320 g/mol. The molecule has 24 heavy (non-hydrogen) atoms. The van der Waals surface area contributed by atoms with Gasteiger partial charge in [0, 0.05) is 13.1 Å². The van der Waals surface area contributed by atoms with Crippen molar-refractivity contribution in [2.45, 2.75) is 0 Å². The zero-order valence-corrected chi connectivity index (χ0v) is 13.3. The third-order valence-corrected chi connectivity index (χ3v) is 3.76. The SMILES string of the molecule is COc1cc(Nc2cnn(-c3ccccc3)c2)nc2c1cnn2C. The van der Waals surface area contributed by atoms with E-state index in [1.165, 1.54) is 0 Å². The molecule has 1 aromatic carbocycles. The number of methoxy groups -OCH3 is 1. The van der Waals surface area contributed by atoms with E-state index in [4.69, 9.17) is 4.74 Å². The number of ether oxygens (including phenoxy) is 1. The molecule has 0 aliphatic rings. The highest BCUT2D eigenvalue weighted by Crippen LogP contribution is 2.28. The fraction of sp³-hybridized carbons (Fsp3) is 0.118. The maximum atomic E-state index is 5.44. The fourth-order valence-electron chi connectivity index (χ4n) is 2.58. The molecule has 120 valence electrons. The summed E-state index contributed by atoms with van der Waals surface area (Å²) in [6, 6.07) is 11.8. The van der Waals surface area contributed by atoms with Crippen LogP contribution in [0.15, 0.2) is 55.0 Å². The Morgan fingerprint density at radius 3 is 2.71 bits per heavy atom. The van der Waals surface area contributed by atoms with Gasteiger partial charge >= 0.3 is 0 Å². The highest BCUT2D eigenvalue weighted by Gasteiger charge is 2.11. The Labute approximate surface area is 138 Å². The van der Waals surface area contributed by atoms with Crippen LogP contribution in [0.4, 0.5) is 11.5 Å². The van der Waals surface area contributed by atoms with Gasteiger partial charge in [-0.3, -0.25) is 4.68 Å². The van der Waals surface area contributed by atoms with Crippen molar-refractivity contribution in [3.8, 4) is 11.4 Å². The van der Waals surface area contributed by atoms with Gasteiger partial charge in [-0.1, -0.05) is 18.2 Å². The van der Waals surface area contributed by atoms with Gasteiger partial charge in [-0.15, -0.1) is 0 Å². The van der Waals surface area contributed by atoms with Crippen molar-refractivity contribution in [1.82, 2.24) is 24.5 Å². The largest absolute Gasteiger partial charge is 0.496 e. The molecule has 0 amide bonds. The van der Waals surface area contributed by atoms with Crippen molar-refractivity contribution in [2.75, 3.05) is 12.4 Å². The molecule has 7 heteroatoms. The zero-order valence-electron chi connectivity index (χ0n) is 13.3. The molecule has 7 nitrogen and oxygen atoms in total. The first-order chi connectivity index (χ1) is 11.7. The van der Waals surface area contributed by atoms with Gasteiger partial charge in [0.05, 0.1) is 42.5 Å². The maximum absolute atomic E-state index is 5.44. The second-order valence-corrected chi connectivity index (χ2v) is 5.35. The highest BCUT2D eigenvalue weighted by molar-refractivity contribution is 5.84. The van der Waals surface area contributed by atoms with Gasteiger partial charge < -0.3 is 10.1 Å². The summed E-state index contributed by atoms with van der Waals surface area (Å²) < 4.78 is 8.97. The number of hydrogen-bond donors (Lipinski definition) is 1. The molecule has 0 saturated heterocycles. The van der Waals surface area contributed by atoms with E-state index in [1.54, 1.807) is 24.2 Å². The zero-order chi connectivity index (χ0) is 16.5. The lowest BCUT2D eigenvalue weighted by atomic mass is 10.3. The lowest BCUT2D eigenvalue weighted by Gasteiger charge is -2.07. The molecule has 0 atom stereocenters. The quantitative estimate of drug-likeness (QED) is 0.626. The second kappa shape index (κ2) is 5.69. The third kappa shape index (κ3) is 2.45. The summed E-state index contributed by atoms with van der Waals surface area (Å²) >= 11 is 0. The molecule has 0 radical (unpaired) electrons. The Morgan fingerprint density at radius 2 is 1.92 bits per heavy atom. The van der Waals surface area contributed by atoms with Crippen LogP contribution in [0.1, 0.15) is 0 Å². The van der Waals surface area contributed by atoms with E-state index in [0.717, 1.165) is 28.2 Å². The van der Waals surface area contributed by atoms with E-state index in [9.17, 15) is 0 Å². The number of fused-ring (bicyclic) bond motifs is 1. The molecule has 1 N–H and O–H groups in total. The summed E-state index contributed by atoms with van der Waals surface area (Å²) in [4.78, 5) is 4.59. The average molecular weight is 320 g/mol. The number of nitrogens with zero attached hydrogens (tertiary/aromatic N) is 5. The Kier molecular flexibility index (Phi) is 3.38. The second-order valence-electron chi connectivity index (χ2n) is 5.35. The Hall–Kier alpha value is -3.35. The predicted molar refractivity (Wildman–Crippen MR) is 91.9 cm³/mol. The van der Waals surface area contributed by atoms with E-state index < -0.39 is 0 Å². The smallest absolute Gasteiger partial charge is 0.163 e. The number of benzene rings is 1. The standard InChI is InChI=1S/C17H16N6O/c1-22-17-14(10-18-22)15(24-2)8-16(21-17)20-12-9-19-23(11-12)13-6-4-3-5-7-13/h3-11H,1-2H3,(H,20,21). The molecule has 3 heterocycles. The molecule has 3 aromatic heterocycles. The van der Waals surface area contributed by atoms with Crippen molar-refractivity contribution in [2.24, 2.45) is 7.05 Å². The Morgan fingerprint density at radius 1 is 1.08 bits per heavy atom. The van der Waals surface area contributed by atoms with Crippen LogP contribution < -0.4 is 10.1 Å². The van der Waals surface area contributed by atoms with Crippen LogP contribution in [0.25, 0.3) is 16.7 Å². The molecule has 0 spiro atoms. The number of nitrogens with one attached hydrogen (secondary N) is 1. The van der Waals surface area contributed by atoms with Gasteiger partial charge in [0.25, 0.3) is 0 Å². The first kappa shape index (κ1) is 14.3. The molecule has 0 unspecified atom stereocenters. The van der Waals surface area contributed by atoms with Crippen molar-refractivity contribution < 1.29 is 4.74 Å². The molecule has 0 bridgehead atoms. The minimum absolute atomic E-state index is 0.676. The van der Waals surface area contributed by atoms with Gasteiger partial charge in [-0.2, -0.15) is 10.2 Å². The first-order valence-electron chi connectivity index (χ1n) is 7.48. The molecule has 4 rings (SSSR count). The van der Waals surface area contributed by atoms with E-state index in [2.05, 4.69) is 20.5 Å². The number of hydrogen-bond acceptors (Lipinski definition) is 5. The van der Waals surface area contributed by atoms with E-state index in [0.29, 0.717) is 5.82 Å². The van der Waals surface area contributed by atoms with Crippen molar-refractivity contribution in [3.05, 3.63) is 55.0 Å². The summed E-state index contributed by atoms with van der Waals surface area (Å²) in [7, 11) is 3.49. The van der Waals surface area contributed by atoms with E-state index >= 15 is 0 Å². The summed E-state index contributed by atoms with van der Waals surface area (Å²) in [5.74, 6) is 1.40. The molecular weight excluding hydrogens is 304 g/mol. The van der Waals surface area contributed by atoms with Crippen molar-refractivity contribution in [1.29, 1.82) is 0 Å². The van der Waals surface area contributed by atoms with E-state index in [-0.39, 0.29) is 0 Å². The van der Waals surface area contributed by atoms with Gasteiger partial charge in [0.2, 0.25) is 0 Å². The van der Waals surface area contributed by atoms with Gasteiger partial charge in [0.15, 0.2) is 5.65 Å². The molecular formula is C17H16N6O. The third-order valence-electron chi connectivity index (χ3n) is 3.76. The van der Waals surface area contributed by atoms with Gasteiger partial charge in [0.1, 0.15) is 11.6 Å². The minimum atomic E-state index is 0.676. The molecule has 0 saturated carbocycles. The fourth-order valence-corrected chi connectivity index (χ4v) is 2.58. The van der Waals surface area contributed by atoms with Crippen molar-refractivity contribution >= 4 is 22.5 Å². The molecule has 0 aliphatic heterocycles. The van der Waals surface area contributed by atoms with Crippen LogP contribution >= 0.6 is 0 Å². The molecule has 0 fully saturated rings. The van der Waals surface area contributed by atoms with Crippen LogP contribution in [0.5, 0.6) is 5.75 Å². The summed E-state index contributed by atoms with van der Waals surface area (Å²) in [5, 5.41) is 12.7. The normalized spacial score (nSPS) is 10.9. The highest BCUT2D eigenvalue weighted by atomic mass is 16.5. The Balaban J connectivity index is 1.67. The first-order valence-corrected chi connectivity index (χ1v) is 7.48.